The van der Waals surface area contributed by atoms with Gasteiger partial charge in [-0.15, -0.1) is 0 Å². The van der Waals surface area contributed by atoms with Crippen molar-refractivity contribution in [1.82, 2.24) is 5.32 Å². The van der Waals surface area contributed by atoms with Crippen molar-refractivity contribution in [2.24, 2.45) is 5.41 Å². The molecule has 1 unspecified atom stereocenters. The van der Waals surface area contributed by atoms with E-state index in [4.69, 9.17) is 5.26 Å². The van der Waals surface area contributed by atoms with Crippen LogP contribution in [0.1, 0.15) is 32.3 Å². The highest BCUT2D eigenvalue weighted by Crippen LogP contribution is 2.30. The first-order chi connectivity index (χ1) is 9.03. The molecule has 1 atom stereocenters. The van der Waals surface area contributed by atoms with Gasteiger partial charge in [0.25, 0.3) is 0 Å². The minimum absolute atomic E-state index is 0.234. The van der Waals surface area contributed by atoms with Crippen molar-refractivity contribution in [2.75, 3.05) is 18.4 Å². The number of anilines is 1. The molecule has 102 valence electrons. The Morgan fingerprint density at radius 2 is 2.32 bits per heavy atom. The molecule has 0 aliphatic carbocycles. The summed E-state index contributed by atoms with van der Waals surface area (Å²) in [7, 11) is 0. The molecule has 2 rings (SSSR count). The van der Waals surface area contributed by atoms with Crippen molar-refractivity contribution in [2.45, 2.75) is 32.7 Å². The monoisotopic (exact) mass is 261 g/mol. The van der Waals surface area contributed by atoms with Crippen LogP contribution < -0.4 is 10.6 Å². The third kappa shape index (κ3) is 3.24. The lowest BCUT2D eigenvalue weighted by atomic mass is 9.77. The van der Waals surface area contributed by atoms with Crippen LogP contribution in [0.25, 0.3) is 0 Å². The Morgan fingerprint density at radius 3 is 3.00 bits per heavy atom. The lowest BCUT2D eigenvalue weighted by Gasteiger charge is -2.39. The third-order valence-electron chi connectivity index (χ3n) is 3.93. The van der Waals surface area contributed by atoms with Crippen LogP contribution >= 0.6 is 0 Å². The highest BCUT2D eigenvalue weighted by molar-refractivity contribution is 5.57. The fraction of sp³-hybridized carbons (Fsp3) is 0.533. The zero-order valence-electron chi connectivity index (χ0n) is 11.5. The van der Waals surface area contributed by atoms with Crippen molar-refractivity contribution >= 4 is 5.69 Å². The SMILES string of the molecule is CC1(C)CCCNC1CNc1ccc(F)cc1C#N. The van der Waals surface area contributed by atoms with Crippen molar-refractivity contribution < 1.29 is 4.39 Å². The van der Waals surface area contributed by atoms with Gasteiger partial charge in [0.15, 0.2) is 0 Å². The number of nitrogens with zero attached hydrogens (tertiary/aromatic N) is 1. The number of nitrogens with one attached hydrogen (secondary N) is 2. The van der Waals surface area contributed by atoms with Crippen molar-refractivity contribution in [3.8, 4) is 6.07 Å². The summed E-state index contributed by atoms with van der Waals surface area (Å²) in [6.07, 6.45) is 2.39. The molecular weight excluding hydrogens is 241 g/mol. The van der Waals surface area contributed by atoms with Crippen LogP contribution in [0.2, 0.25) is 0 Å². The van der Waals surface area contributed by atoms with Crippen LogP contribution in [0.3, 0.4) is 0 Å². The second-order valence-corrected chi connectivity index (χ2v) is 5.78. The van der Waals surface area contributed by atoms with Crippen LogP contribution in [0.15, 0.2) is 18.2 Å². The Kier molecular flexibility index (Phi) is 4.06. The second kappa shape index (κ2) is 5.58. The molecule has 0 spiro atoms. The Balaban J connectivity index is 2.04. The molecule has 0 radical (unpaired) electrons. The van der Waals surface area contributed by atoms with Gasteiger partial charge in [-0.2, -0.15) is 5.26 Å². The molecule has 0 saturated carbocycles. The Bertz CT molecular complexity index is 491. The highest BCUT2D eigenvalue weighted by atomic mass is 19.1. The number of rotatable bonds is 3. The molecule has 19 heavy (non-hydrogen) atoms. The molecule has 0 aromatic heterocycles. The maximum atomic E-state index is 13.1. The number of benzene rings is 1. The van der Waals surface area contributed by atoms with Crippen molar-refractivity contribution in [3.05, 3.63) is 29.6 Å². The highest BCUT2D eigenvalue weighted by Gasteiger charge is 2.31. The van der Waals surface area contributed by atoms with Crippen molar-refractivity contribution in [3.63, 3.8) is 0 Å². The molecule has 1 aromatic carbocycles. The van der Waals surface area contributed by atoms with E-state index < -0.39 is 0 Å². The quantitative estimate of drug-likeness (QED) is 0.879. The Labute approximate surface area is 113 Å². The van der Waals surface area contributed by atoms with E-state index in [-0.39, 0.29) is 11.2 Å². The molecular formula is C15H20FN3. The number of halogens is 1. The lowest BCUT2D eigenvalue weighted by Crippen LogP contribution is -2.50. The van der Waals surface area contributed by atoms with Gasteiger partial charge in [0, 0.05) is 12.6 Å². The molecule has 1 aromatic rings. The molecule has 4 heteroatoms. The molecule has 1 saturated heterocycles. The molecule has 1 heterocycles. The fourth-order valence-electron chi connectivity index (χ4n) is 2.59. The standard InChI is InChI=1S/C15H20FN3/c1-15(2)6-3-7-18-14(15)10-19-13-5-4-12(16)8-11(13)9-17/h4-5,8,14,18-19H,3,6-7,10H2,1-2H3. The Hall–Kier alpha value is -1.60. The summed E-state index contributed by atoms with van der Waals surface area (Å²) < 4.78 is 13.1. The molecule has 1 aliphatic heterocycles. The predicted molar refractivity (Wildman–Crippen MR) is 74.4 cm³/mol. The second-order valence-electron chi connectivity index (χ2n) is 5.78. The number of hydrogen-bond acceptors (Lipinski definition) is 3. The van der Waals surface area contributed by atoms with Gasteiger partial charge in [-0.3, -0.25) is 0 Å². The number of hydrogen-bond donors (Lipinski definition) is 2. The normalized spacial score (nSPS) is 21.7. The van der Waals surface area contributed by atoms with Crippen LogP contribution in [-0.2, 0) is 0 Å². The van der Waals surface area contributed by atoms with E-state index in [1.807, 2.05) is 6.07 Å². The van der Waals surface area contributed by atoms with E-state index in [9.17, 15) is 4.39 Å². The summed E-state index contributed by atoms with van der Waals surface area (Å²) in [4.78, 5) is 0. The summed E-state index contributed by atoms with van der Waals surface area (Å²) in [6, 6.07) is 6.65. The van der Waals surface area contributed by atoms with Crippen molar-refractivity contribution in [1.29, 1.82) is 5.26 Å². The average Bonchev–Trinajstić information content (AvgIpc) is 2.38. The molecule has 0 bridgehead atoms. The number of piperidine rings is 1. The van der Waals surface area contributed by atoms with Gasteiger partial charge >= 0.3 is 0 Å². The van der Waals surface area contributed by atoms with E-state index in [1.165, 1.54) is 25.0 Å². The van der Waals surface area contributed by atoms with Gasteiger partial charge < -0.3 is 10.6 Å². The average molecular weight is 261 g/mol. The first kappa shape index (κ1) is 13.8. The minimum atomic E-state index is -0.377. The van der Waals surface area contributed by atoms with Gasteiger partial charge in [0.1, 0.15) is 11.9 Å². The van der Waals surface area contributed by atoms with E-state index in [2.05, 4.69) is 24.5 Å². The maximum Gasteiger partial charge on any atom is 0.124 e. The topological polar surface area (TPSA) is 47.8 Å². The summed E-state index contributed by atoms with van der Waals surface area (Å²) in [5, 5.41) is 15.8. The molecule has 1 aliphatic rings. The fourth-order valence-corrected chi connectivity index (χ4v) is 2.59. The first-order valence-corrected chi connectivity index (χ1v) is 6.70. The molecule has 0 amide bonds. The van der Waals surface area contributed by atoms with Gasteiger partial charge in [0.05, 0.1) is 11.3 Å². The zero-order valence-corrected chi connectivity index (χ0v) is 11.5. The van der Waals surface area contributed by atoms with E-state index in [1.54, 1.807) is 6.07 Å². The van der Waals surface area contributed by atoms with Gasteiger partial charge in [-0.25, -0.2) is 4.39 Å². The maximum absolute atomic E-state index is 13.1. The first-order valence-electron chi connectivity index (χ1n) is 6.70. The third-order valence-corrected chi connectivity index (χ3v) is 3.93. The summed E-state index contributed by atoms with van der Waals surface area (Å²) >= 11 is 0. The van der Waals surface area contributed by atoms with Gasteiger partial charge in [-0.1, -0.05) is 13.8 Å². The summed E-state index contributed by atoms with van der Waals surface area (Å²) in [6.45, 7) is 6.28. The van der Waals surface area contributed by atoms with Crippen LogP contribution in [0.5, 0.6) is 0 Å². The minimum Gasteiger partial charge on any atom is -0.382 e. The van der Waals surface area contributed by atoms with Crippen LogP contribution in [0, 0.1) is 22.6 Å². The predicted octanol–water partition coefficient (Wildman–Crippen LogP) is 2.89. The van der Waals surface area contributed by atoms with Gasteiger partial charge in [0.2, 0.25) is 0 Å². The molecule has 3 nitrogen and oxygen atoms in total. The molecule has 2 N–H and O–H groups in total. The van der Waals surface area contributed by atoms with Crippen LogP contribution in [0.4, 0.5) is 10.1 Å². The zero-order chi connectivity index (χ0) is 13.9. The molecule has 1 fully saturated rings. The summed E-state index contributed by atoms with van der Waals surface area (Å²) in [5.74, 6) is -0.377. The largest absolute Gasteiger partial charge is 0.382 e. The van der Waals surface area contributed by atoms with E-state index in [0.717, 1.165) is 13.1 Å². The van der Waals surface area contributed by atoms with Crippen LogP contribution in [-0.4, -0.2) is 19.1 Å². The number of nitriles is 1. The Morgan fingerprint density at radius 1 is 1.53 bits per heavy atom. The summed E-state index contributed by atoms with van der Waals surface area (Å²) in [5.41, 5.74) is 1.29. The lowest BCUT2D eigenvalue weighted by molar-refractivity contribution is 0.188. The van der Waals surface area contributed by atoms with E-state index >= 15 is 0 Å². The smallest absolute Gasteiger partial charge is 0.124 e. The van der Waals surface area contributed by atoms with Gasteiger partial charge in [-0.05, 0) is 43.0 Å². The van der Waals surface area contributed by atoms with E-state index in [0.29, 0.717) is 17.3 Å².